The van der Waals surface area contributed by atoms with E-state index >= 15 is 0 Å². The lowest BCUT2D eigenvalue weighted by molar-refractivity contribution is -0.595. The number of hydrogen-bond acceptors (Lipinski definition) is 4. The first-order valence-corrected chi connectivity index (χ1v) is 7.52. The minimum Gasteiger partial charge on any atom is -0.328 e. The third-order valence-corrected chi connectivity index (χ3v) is 4.47. The van der Waals surface area contributed by atoms with Crippen LogP contribution in [0.3, 0.4) is 0 Å². The zero-order valence-electron chi connectivity index (χ0n) is 11.4. The molecule has 6 nitrogen and oxygen atoms in total. The van der Waals surface area contributed by atoms with Crippen molar-refractivity contribution in [2.45, 2.75) is 0 Å². The highest BCUT2D eigenvalue weighted by Crippen LogP contribution is 2.22. The molecule has 4 rings (SSSR count). The summed E-state index contributed by atoms with van der Waals surface area (Å²) >= 11 is 1.58. The summed E-state index contributed by atoms with van der Waals surface area (Å²) in [5.74, 6) is -0.247. The van der Waals surface area contributed by atoms with Gasteiger partial charge in [0, 0.05) is 12.1 Å². The number of pyridine rings is 1. The fourth-order valence-corrected chi connectivity index (χ4v) is 3.28. The number of urea groups is 1. The van der Waals surface area contributed by atoms with Crippen molar-refractivity contribution in [3.05, 3.63) is 48.8 Å². The summed E-state index contributed by atoms with van der Waals surface area (Å²) in [5.41, 5.74) is 1.51. The Kier molecular flexibility index (Phi) is 2.87. The maximum absolute atomic E-state index is 11.7. The molecule has 1 aliphatic rings. The molecule has 22 heavy (non-hydrogen) atoms. The maximum Gasteiger partial charge on any atom is 0.388 e. The van der Waals surface area contributed by atoms with E-state index in [2.05, 4.69) is 10.3 Å². The maximum atomic E-state index is 11.7. The lowest BCUT2D eigenvalue weighted by Crippen LogP contribution is -2.33. The van der Waals surface area contributed by atoms with Gasteiger partial charge in [0.1, 0.15) is 0 Å². The fraction of sp³-hybridized carbons (Fsp3) is 0.0667. The minimum atomic E-state index is -0.386. The van der Waals surface area contributed by atoms with E-state index in [9.17, 15) is 9.59 Å². The van der Waals surface area contributed by atoms with Crippen LogP contribution in [0.1, 0.15) is 0 Å². The fourth-order valence-electron chi connectivity index (χ4n) is 2.35. The van der Waals surface area contributed by atoms with Crippen LogP contribution in [0, 0.1) is 0 Å². The number of hydrogen-bond donors (Lipinski definition) is 1. The van der Waals surface area contributed by atoms with Gasteiger partial charge in [-0.05, 0) is 28.5 Å². The molecule has 108 valence electrons. The standard InChI is InChI=1S/C15H10N4O2S/c20-13-9-16-14(21)19(13)10-5-7-18(8-6-10)15-17-11-3-1-2-4-12(11)22-15/h1-8H,9H2/p+1. The molecule has 0 unspecified atom stereocenters. The molecule has 0 radical (unpaired) electrons. The topological polar surface area (TPSA) is 66.2 Å². The molecule has 0 bridgehead atoms. The number of nitrogens with one attached hydrogen (secondary N) is 1. The molecule has 1 aromatic carbocycles. The molecule has 3 amide bonds. The Morgan fingerprint density at radius 3 is 2.59 bits per heavy atom. The molecule has 3 heterocycles. The summed E-state index contributed by atoms with van der Waals surface area (Å²) in [7, 11) is 0. The van der Waals surface area contributed by atoms with Crippen molar-refractivity contribution in [2.75, 3.05) is 11.4 Å². The van der Waals surface area contributed by atoms with E-state index in [-0.39, 0.29) is 18.5 Å². The lowest BCUT2D eigenvalue weighted by Gasteiger charge is -2.11. The van der Waals surface area contributed by atoms with Crippen LogP contribution in [0.4, 0.5) is 10.5 Å². The van der Waals surface area contributed by atoms with Crippen molar-refractivity contribution in [3.8, 4) is 5.13 Å². The van der Waals surface area contributed by atoms with Crippen LogP contribution in [0.25, 0.3) is 15.3 Å². The number of anilines is 1. The Morgan fingerprint density at radius 1 is 1.14 bits per heavy atom. The molecule has 3 aromatic rings. The molecule has 1 saturated heterocycles. The van der Waals surface area contributed by atoms with Gasteiger partial charge in [0.2, 0.25) is 0 Å². The number of nitrogens with zero attached hydrogens (tertiary/aromatic N) is 3. The van der Waals surface area contributed by atoms with Crippen LogP contribution in [0.2, 0.25) is 0 Å². The van der Waals surface area contributed by atoms with Gasteiger partial charge in [-0.3, -0.25) is 4.79 Å². The summed E-state index contributed by atoms with van der Waals surface area (Å²) in [6, 6.07) is 11.0. The number of rotatable bonds is 2. The van der Waals surface area contributed by atoms with Crippen molar-refractivity contribution >= 4 is 39.2 Å². The quantitative estimate of drug-likeness (QED) is 0.578. The van der Waals surface area contributed by atoms with Gasteiger partial charge < -0.3 is 5.32 Å². The van der Waals surface area contributed by atoms with Crippen LogP contribution in [-0.4, -0.2) is 23.5 Å². The molecule has 0 saturated carbocycles. The molecule has 1 N–H and O–H groups in total. The molecule has 0 spiro atoms. The first kappa shape index (κ1) is 12.9. The van der Waals surface area contributed by atoms with Gasteiger partial charge in [0.05, 0.1) is 29.3 Å². The van der Waals surface area contributed by atoms with Gasteiger partial charge >= 0.3 is 11.2 Å². The second kappa shape index (κ2) is 4.88. The third kappa shape index (κ3) is 2.03. The molecule has 0 atom stereocenters. The van der Waals surface area contributed by atoms with Gasteiger partial charge in [-0.15, -0.1) is 0 Å². The highest BCUT2D eigenvalue weighted by atomic mass is 32.1. The summed E-state index contributed by atoms with van der Waals surface area (Å²) in [6.45, 7) is 0.0472. The predicted octanol–water partition coefficient (Wildman–Crippen LogP) is 1.63. The first-order valence-electron chi connectivity index (χ1n) is 6.70. The number of para-hydroxylation sites is 1. The van der Waals surface area contributed by atoms with E-state index in [1.165, 1.54) is 0 Å². The Balaban J connectivity index is 1.69. The van der Waals surface area contributed by atoms with Gasteiger partial charge in [-0.2, -0.15) is 4.57 Å². The summed E-state index contributed by atoms with van der Waals surface area (Å²) in [6.07, 6.45) is 3.60. The first-order chi connectivity index (χ1) is 10.7. The molecule has 0 aliphatic carbocycles. The van der Waals surface area contributed by atoms with E-state index < -0.39 is 0 Å². The van der Waals surface area contributed by atoms with E-state index in [4.69, 9.17) is 0 Å². The minimum absolute atomic E-state index is 0.0472. The Bertz CT molecular complexity index is 839. The number of imide groups is 1. The number of carbonyl (C=O) groups is 2. The zero-order valence-corrected chi connectivity index (χ0v) is 12.2. The van der Waals surface area contributed by atoms with Crippen LogP contribution >= 0.6 is 11.3 Å². The SMILES string of the molecule is O=C1CNC(=O)N1c1cc[n+](-c2nc3ccccc3s2)cc1. The second-order valence-electron chi connectivity index (χ2n) is 4.82. The van der Waals surface area contributed by atoms with E-state index in [1.54, 1.807) is 35.9 Å². The number of carbonyl (C=O) groups excluding carboxylic acids is 2. The monoisotopic (exact) mass is 311 g/mol. The number of fused-ring (bicyclic) bond motifs is 1. The molecular formula is C15H11N4O2S+. The molecule has 1 fully saturated rings. The number of benzene rings is 1. The molecular weight excluding hydrogens is 300 g/mol. The normalized spacial score (nSPS) is 14.6. The Hall–Kier alpha value is -2.80. The van der Waals surface area contributed by atoms with Crippen molar-refractivity contribution < 1.29 is 14.2 Å². The van der Waals surface area contributed by atoms with E-state index in [0.29, 0.717) is 5.69 Å². The largest absolute Gasteiger partial charge is 0.388 e. The van der Waals surface area contributed by atoms with E-state index in [0.717, 1.165) is 20.2 Å². The van der Waals surface area contributed by atoms with Crippen LogP contribution in [-0.2, 0) is 4.79 Å². The molecule has 7 heteroatoms. The lowest BCUT2D eigenvalue weighted by atomic mass is 10.3. The highest BCUT2D eigenvalue weighted by molar-refractivity contribution is 7.20. The predicted molar refractivity (Wildman–Crippen MR) is 82.0 cm³/mol. The van der Waals surface area contributed by atoms with Crippen molar-refractivity contribution in [1.29, 1.82) is 0 Å². The van der Waals surface area contributed by atoms with Crippen LogP contribution in [0.5, 0.6) is 0 Å². The average molecular weight is 311 g/mol. The molecule has 1 aliphatic heterocycles. The Morgan fingerprint density at radius 2 is 1.91 bits per heavy atom. The van der Waals surface area contributed by atoms with Gasteiger partial charge in [-0.1, -0.05) is 12.1 Å². The summed E-state index contributed by atoms with van der Waals surface area (Å²) < 4.78 is 2.98. The number of aromatic nitrogens is 2. The highest BCUT2D eigenvalue weighted by Gasteiger charge is 2.30. The summed E-state index contributed by atoms with van der Waals surface area (Å²) in [5, 5.41) is 3.34. The Labute approximate surface area is 129 Å². The van der Waals surface area contributed by atoms with Crippen molar-refractivity contribution in [1.82, 2.24) is 10.3 Å². The van der Waals surface area contributed by atoms with Gasteiger partial charge in [0.15, 0.2) is 5.52 Å². The summed E-state index contributed by atoms with van der Waals surface area (Å²) in [4.78, 5) is 29.0. The molecule has 2 aromatic heterocycles. The number of thiazole rings is 1. The average Bonchev–Trinajstić information content (AvgIpc) is 3.11. The smallest absolute Gasteiger partial charge is 0.328 e. The zero-order chi connectivity index (χ0) is 15.1. The van der Waals surface area contributed by atoms with Crippen LogP contribution < -0.4 is 14.8 Å². The van der Waals surface area contributed by atoms with Crippen LogP contribution in [0.15, 0.2) is 48.8 Å². The van der Waals surface area contributed by atoms with Gasteiger partial charge in [-0.25, -0.2) is 9.69 Å². The van der Waals surface area contributed by atoms with Crippen molar-refractivity contribution in [2.24, 2.45) is 0 Å². The second-order valence-corrected chi connectivity index (χ2v) is 5.82. The van der Waals surface area contributed by atoms with E-state index in [1.807, 2.05) is 28.8 Å². The van der Waals surface area contributed by atoms with Crippen molar-refractivity contribution in [3.63, 3.8) is 0 Å². The third-order valence-electron chi connectivity index (χ3n) is 3.42. The number of amides is 3. The van der Waals surface area contributed by atoms with Gasteiger partial charge in [0.25, 0.3) is 5.91 Å².